The zero-order chi connectivity index (χ0) is 17.1. The van der Waals surface area contributed by atoms with Crippen molar-refractivity contribution in [3.8, 4) is 0 Å². The van der Waals surface area contributed by atoms with E-state index in [0.29, 0.717) is 19.6 Å². The van der Waals surface area contributed by atoms with Crippen molar-refractivity contribution in [1.82, 2.24) is 4.90 Å². The topological polar surface area (TPSA) is 66.6 Å². The lowest BCUT2D eigenvalue weighted by Crippen LogP contribution is -2.47. The molecule has 0 radical (unpaired) electrons. The number of nitrogens with two attached hydrogens (primary N) is 1. The number of piperidine rings is 1. The fraction of sp³-hybridized carbons (Fsp3) is 0.368. The number of rotatable bonds is 4. The number of hydrogen-bond acceptors (Lipinski definition) is 3. The van der Waals surface area contributed by atoms with Gasteiger partial charge in [0.05, 0.1) is 12.5 Å². The van der Waals surface area contributed by atoms with Crippen LogP contribution < -0.4 is 10.6 Å². The van der Waals surface area contributed by atoms with Crippen LogP contribution in [0.15, 0.2) is 42.5 Å². The number of carbonyl (C=O) groups is 2. The van der Waals surface area contributed by atoms with E-state index in [2.05, 4.69) is 24.3 Å². The molecule has 0 saturated carbocycles. The third-order valence-electron chi connectivity index (χ3n) is 4.72. The lowest BCUT2D eigenvalue weighted by Gasteiger charge is -2.32. The van der Waals surface area contributed by atoms with Gasteiger partial charge in [-0.25, -0.2) is 0 Å². The van der Waals surface area contributed by atoms with Crippen molar-refractivity contribution in [1.29, 1.82) is 0 Å². The summed E-state index contributed by atoms with van der Waals surface area (Å²) in [5, 5.41) is 2.34. The van der Waals surface area contributed by atoms with Crippen LogP contribution >= 0.6 is 0 Å². The molecule has 1 unspecified atom stereocenters. The van der Waals surface area contributed by atoms with Crippen molar-refractivity contribution < 1.29 is 9.59 Å². The Bertz CT molecular complexity index is 759. The van der Waals surface area contributed by atoms with Crippen LogP contribution in [0.5, 0.6) is 0 Å². The van der Waals surface area contributed by atoms with Crippen molar-refractivity contribution in [2.45, 2.75) is 12.8 Å². The average Bonchev–Trinajstić information content (AvgIpc) is 2.61. The third kappa shape index (κ3) is 3.50. The van der Waals surface area contributed by atoms with Crippen LogP contribution in [0, 0.1) is 5.92 Å². The maximum Gasteiger partial charge on any atom is 0.242 e. The Morgan fingerprint density at radius 1 is 1.21 bits per heavy atom. The van der Waals surface area contributed by atoms with E-state index in [9.17, 15) is 9.59 Å². The van der Waals surface area contributed by atoms with Gasteiger partial charge in [-0.15, -0.1) is 0 Å². The van der Waals surface area contributed by atoms with E-state index in [-0.39, 0.29) is 17.7 Å². The predicted octanol–water partition coefficient (Wildman–Crippen LogP) is 2.00. The Labute approximate surface area is 142 Å². The zero-order valence-electron chi connectivity index (χ0n) is 13.9. The average molecular weight is 325 g/mol. The van der Waals surface area contributed by atoms with Crippen LogP contribution in [0.3, 0.4) is 0 Å². The molecule has 1 fully saturated rings. The van der Waals surface area contributed by atoms with Gasteiger partial charge < -0.3 is 15.5 Å². The SMILES string of the molecule is CN(CC(=O)N1CCCC(C(N)=O)C1)c1ccc2ccccc2c1. The maximum absolute atomic E-state index is 12.5. The predicted molar refractivity (Wildman–Crippen MR) is 95.7 cm³/mol. The number of nitrogens with zero attached hydrogens (tertiary/aromatic N) is 2. The first-order valence-electron chi connectivity index (χ1n) is 8.31. The van der Waals surface area contributed by atoms with E-state index in [4.69, 9.17) is 5.73 Å². The lowest BCUT2D eigenvalue weighted by molar-refractivity contribution is -0.133. The summed E-state index contributed by atoms with van der Waals surface area (Å²) in [6.07, 6.45) is 1.61. The number of benzene rings is 2. The number of amides is 2. The van der Waals surface area contributed by atoms with E-state index >= 15 is 0 Å². The molecule has 2 amide bonds. The minimum Gasteiger partial charge on any atom is -0.369 e. The molecule has 1 heterocycles. The lowest BCUT2D eigenvalue weighted by atomic mass is 9.97. The summed E-state index contributed by atoms with van der Waals surface area (Å²) in [5.74, 6) is -0.485. The van der Waals surface area contributed by atoms with E-state index in [0.717, 1.165) is 23.9 Å². The number of fused-ring (bicyclic) bond motifs is 1. The molecular formula is C19H23N3O2. The van der Waals surface area contributed by atoms with Gasteiger partial charge in [-0.1, -0.05) is 30.3 Å². The van der Waals surface area contributed by atoms with Crippen molar-refractivity contribution >= 4 is 28.3 Å². The molecule has 0 bridgehead atoms. The van der Waals surface area contributed by atoms with Crippen LogP contribution in [-0.4, -0.2) is 43.4 Å². The minimum absolute atomic E-state index is 0.0385. The summed E-state index contributed by atoms with van der Waals surface area (Å²) in [4.78, 5) is 27.6. The number of hydrogen-bond donors (Lipinski definition) is 1. The van der Waals surface area contributed by atoms with Gasteiger partial charge in [0.15, 0.2) is 0 Å². The highest BCUT2D eigenvalue weighted by Crippen LogP contribution is 2.22. The van der Waals surface area contributed by atoms with E-state index in [1.165, 1.54) is 5.39 Å². The van der Waals surface area contributed by atoms with Crippen LogP contribution in [0.2, 0.25) is 0 Å². The van der Waals surface area contributed by atoms with Crippen LogP contribution in [0.1, 0.15) is 12.8 Å². The van der Waals surface area contributed by atoms with Crippen molar-refractivity contribution in [3.05, 3.63) is 42.5 Å². The summed E-state index contributed by atoms with van der Waals surface area (Å²) in [5.41, 5.74) is 6.39. The smallest absolute Gasteiger partial charge is 0.242 e. The first-order chi connectivity index (χ1) is 11.5. The molecule has 1 aliphatic heterocycles. The van der Waals surface area contributed by atoms with Crippen LogP contribution in [0.25, 0.3) is 10.8 Å². The van der Waals surface area contributed by atoms with Gasteiger partial charge in [-0.2, -0.15) is 0 Å². The Hall–Kier alpha value is -2.56. The molecule has 1 saturated heterocycles. The van der Waals surface area contributed by atoms with Crippen molar-refractivity contribution in [2.24, 2.45) is 11.7 Å². The second-order valence-corrected chi connectivity index (χ2v) is 6.47. The molecule has 1 atom stereocenters. The summed E-state index contributed by atoms with van der Waals surface area (Å²) >= 11 is 0. The highest BCUT2D eigenvalue weighted by Gasteiger charge is 2.27. The van der Waals surface area contributed by atoms with E-state index in [1.807, 2.05) is 30.1 Å². The number of likely N-dealkylation sites (N-methyl/N-ethyl adjacent to an activating group) is 1. The maximum atomic E-state index is 12.5. The molecule has 2 N–H and O–H groups in total. The largest absolute Gasteiger partial charge is 0.369 e. The number of anilines is 1. The quantitative estimate of drug-likeness (QED) is 0.935. The van der Waals surface area contributed by atoms with Gasteiger partial charge in [-0.3, -0.25) is 9.59 Å². The second kappa shape index (κ2) is 6.91. The molecular weight excluding hydrogens is 302 g/mol. The fourth-order valence-corrected chi connectivity index (χ4v) is 3.24. The van der Waals surface area contributed by atoms with E-state index < -0.39 is 0 Å². The molecule has 5 heteroatoms. The van der Waals surface area contributed by atoms with Crippen LogP contribution in [0.4, 0.5) is 5.69 Å². The third-order valence-corrected chi connectivity index (χ3v) is 4.72. The Kier molecular flexibility index (Phi) is 4.69. The molecule has 24 heavy (non-hydrogen) atoms. The minimum atomic E-state index is -0.310. The van der Waals surface area contributed by atoms with Crippen molar-refractivity contribution in [2.75, 3.05) is 31.6 Å². The Morgan fingerprint density at radius 3 is 2.71 bits per heavy atom. The first-order valence-corrected chi connectivity index (χ1v) is 8.31. The first kappa shape index (κ1) is 16.3. The highest BCUT2D eigenvalue weighted by molar-refractivity contribution is 5.87. The molecule has 0 spiro atoms. The molecule has 2 aromatic rings. The summed E-state index contributed by atoms with van der Waals surface area (Å²) in [6, 6.07) is 14.3. The number of likely N-dealkylation sites (tertiary alicyclic amines) is 1. The van der Waals surface area contributed by atoms with Gasteiger partial charge in [0.2, 0.25) is 11.8 Å². The number of carbonyl (C=O) groups excluding carboxylic acids is 2. The summed E-state index contributed by atoms with van der Waals surface area (Å²) in [6.45, 7) is 1.44. The van der Waals surface area contributed by atoms with E-state index in [1.54, 1.807) is 4.90 Å². The Balaban J connectivity index is 1.67. The van der Waals surface area contributed by atoms with Gasteiger partial charge in [0.25, 0.3) is 0 Å². The monoisotopic (exact) mass is 325 g/mol. The van der Waals surface area contributed by atoms with Crippen molar-refractivity contribution in [3.63, 3.8) is 0 Å². The van der Waals surface area contributed by atoms with Gasteiger partial charge in [-0.05, 0) is 35.7 Å². The Morgan fingerprint density at radius 2 is 1.96 bits per heavy atom. The molecule has 3 rings (SSSR count). The van der Waals surface area contributed by atoms with Gasteiger partial charge in [0, 0.05) is 25.8 Å². The molecule has 1 aliphatic rings. The molecule has 0 aromatic heterocycles. The summed E-state index contributed by atoms with van der Waals surface area (Å²) in [7, 11) is 1.91. The fourth-order valence-electron chi connectivity index (χ4n) is 3.24. The van der Waals surface area contributed by atoms with Crippen LogP contribution in [-0.2, 0) is 9.59 Å². The molecule has 126 valence electrons. The highest BCUT2D eigenvalue weighted by atomic mass is 16.2. The second-order valence-electron chi connectivity index (χ2n) is 6.47. The van der Waals surface area contributed by atoms with Gasteiger partial charge >= 0.3 is 0 Å². The van der Waals surface area contributed by atoms with Gasteiger partial charge in [0.1, 0.15) is 0 Å². The normalized spacial score (nSPS) is 17.7. The number of primary amides is 1. The molecule has 0 aliphatic carbocycles. The molecule has 5 nitrogen and oxygen atoms in total. The molecule has 2 aromatic carbocycles. The zero-order valence-corrected chi connectivity index (χ0v) is 13.9. The summed E-state index contributed by atoms with van der Waals surface area (Å²) < 4.78 is 0. The standard InChI is InChI=1S/C19H23N3O2/c1-21(17-9-8-14-5-2-3-6-15(14)11-17)13-18(23)22-10-4-7-16(12-22)19(20)24/h2-3,5-6,8-9,11,16H,4,7,10,12-13H2,1H3,(H2,20,24).